The Morgan fingerprint density at radius 2 is 1.83 bits per heavy atom. The van der Waals surface area contributed by atoms with E-state index in [9.17, 15) is 0 Å². The van der Waals surface area contributed by atoms with Crippen molar-refractivity contribution in [2.24, 2.45) is 0 Å². The fraction of sp³-hybridized carbons (Fsp3) is 0.571. The third-order valence-electron chi connectivity index (χ3n) is 2.18. The summed E-state index contributed by atoms with van der Waals surface area (Å²) in [6, 6.07) is 0. The van der Waals surface area contributed by atoms with Gasteiger partial charge in [0, 0.05) is 18.9 Å². The van der Waals surface area contributed by atoms with Crippen molar-refractivity contribution in [3.05, 3.63) is 36.5 Å². The first-order valence-electron chi connectivity index (χ1n) is 6.06. The Morgan fingerprint density at radius 3 is 2.50 bits per heavy atom. The van der Waals surface area contributed by atoms with Crippen LogP contribution in [0.3, 0.4) is 0 Å². The van der Waals surface area contributed by atoms with E-state index < -0.39 is 0 Å². The lowest BCUT2D eigenvalue weighted by Gasteiger charge is -2.12. The molecular weight excluding hydrogens is 271 g/mol. The van der Waals surface area contributed by atoms with Crippen molar-refractivity contribution in [2.75, 3.05) is 25.7 Å². The zero-order valence-corrected chi connectivity index (χ0v) is 12.4. The summed E-state index contributed by atoms with van der Waals surface area (Å²) in [7, 11) is 1.62. The van der Waals surface area contributed by atoms with Crippen LogP contribution in [0.5, 0.6) is 0 Å². The van der Waals surface area contributed by atoms with E-state index in [1.165, 1.54) is 0 Å². The molecule has 0 fully saturated rings. The van der Waals surface area contributed by atoms with Gasteiger partial charge in [-0.25, -0.2) is 0 Å². The monoisotopic (exact) mass is 292 g/mol. The molecule has 0 radical (unpaired) electrons. The lowest BCUT2D eigenvalue weighted by molar-refractivity contribution is -0.0578. The molecule has 0 aliphatic heterocycles. The molecule has 0 amide bonds. The van der Waals surface area contributed by atoms with Gasteiger partial charge in [0.2, 0.25) is 0 Å². The van der Waals surface area contributed by atoms with Gasteiger partial charge in [-0.1, -0.05) is 36.5 Å². The largest absolute Gasteiger partial charge is 0.359 e. The molecular formula is C14H22Cl2O2. The van der Waals surface area contributed by atoms with E-state index in [4.69, 9.17) is 32.7 Å². The van der Waals surface area contributed by atoms with Crippen LogP contribution in [0, 0.1) is 0 Å². The average molecular weight is 293 g/mol. The molecule has 1 unspecified atom stereocenters. The molecule has 0 aliphatic carbocycles. The molecule has 2 nitrogen and oxygen atoms in total. The predicted molar refractivity (Wildman–Crippen MR) is 79.5 cm³/mol. The standard InChI is InChI=1S/C14H22Cl2O2/c1-17-13-18-14(10-6-4-8-12-16)9-5-2-3-7-11-15/h3-4,6-8,10,14H,2,5,9,11-13H2,1H3. The number of alkyl halides is 2. The molecule has 0 saturated heterocycles. The summed E-state index contributed by atoms with van der Waals surface area (Å²) in [6.07, 6.45) is 15.0. The van der Waals surface area contributed by atoms with Gasteiger partial charge >= 0.3 is 0 Å². The van der Waals surface area contributed by atoms with Gasteiger partial charge in [0.15, 0.2) is 0 Å². The molecule has 0 rings (SSSR count). The highest BCUT2D eigenvalue weighted by atomic mass is 35.5. The first-order chi connectivity index (χ1) is 8.85. The Labute approximate surface area is 120 Å². The fourth-order valence-corrected chi connectivity index (χ4v) is 1.56. The minimum Gasteiger partial charge on any atom is -0.359 e. The number of rotatable bonds is 11. The Morgan fingerprint density at radius 1 is 1.06 bits per heavy atom. The molecule has 0 aromatic rings. The number of ether oxygens (including phenoxy) is 2. The molecule has 0 heterocycles. The van der Waals surface area contributed by atoms with Crippen molar-refractivity contribution in [1.29, 1.82) is 0 Å². The molecule has 0 aliphatic rings. The Balaban J connectivity index is 3.93. The van der Waals surface area contributed by atoms with Crippen molar-refractivity contribution in [3.8, 4) is 0 Å². The van der Waals surface area contributed by atoms with E-state index in [1.54, 1.807) is 7.11 Å². The van der Waals surface area contributed by atoms with E-state index in [0.717, 1.165) is 19.3 Å². The molecule has 0 spiro atoms. The number of methoxy groups -OCH3 is 1. The molecule has 1 atom stereocenters. The van der Waals surface area contributed by atoms with Crippen molar-refractivity contribution in [2.45, 2.75) is 25.4 Å². The summed E-state index contributed by atoms with van der Waals surface area (Å²) in [5, 5.41) is 0. The summed E-state index contributed by atoms with van der Waals surface area (Å²) in [4.78, 5) is 0. The normalized spacial score (nSPS) is 14.2. The maximum absolute atomic E-state index is 5.55. The number of hydrogen-bond donors (Lipinski definition) is 0. The molecule has 104 valence electrons. The van der Waals surface area contributed by atoms with Crippen LogP contribution in [-0.2, 0) is 9.47 Å². The van der Waals surface area contributed by atoms with E-state index in [0.29, 0.717) is 18.6 Å². The Kier molecular flexibility index (Phi) is 14.5. The van der Waals surface area contributed by atoms with Crippen molar-refractivity contribution < 1.29 is 9.47 Å². The smallest absolute Gasteiger partial charge is 0.147 e. The maximum atomic E-state index is 5.55. The topological polar surface area (TPSA) is 18.5 Å². The summed E-state index contributed by atoms with van der Waals surface area (Å²) < 4.78 is 10.5. The summed E-state index contributed by atoms with van der Waals surface area (Å²) in [5.74, 6) is 1.10. The second-order valence-corrected chi connectivity index (χ2v) is 4.25. The van der Waals surface area contributed by atoms with Crippen LogP contribution in [0.2, 0.25) is 0 Å². The van der Waals surface area contributed by atoms with Gasteiger partial charge in [-0.05, 0) is 19.3 Å². The van der Waals surface area contributed by atoms with Gasteiger partial charge < -0.3 is 9.47 Å². The van der Waals surface area contributed by atoms with Crippen molar-refractivity contribution in [3.63, 3.8) is 0 Å². The molecule has 0 aromatic heterocycles. The maximum Gasteiger partial charge on any atom is 0.147 e. The SMILES string of the molecule is COCOC(C=CC=CCCl)CCCC=CCCl. The molecule has 18 heavy (non-hydrogen) atoms. The van der Waals surface area contributed by atoms with Crippen LogP contribution in [-0.4, -0.2) is 31.8 Å². The van der Waals surface area contributed by atoms with Crippen LogP contribution >= 0.6 is 23.2 Å². The fourth-order valence-electron chi connectivity index (χ4n) is 1.33. The highest BCUT2D eigenvalue weighted by molar-refractivity contribution is 6.19. The Hall–Kier alpha value is -0.280. The van der Waals surface area contributed by atoms with Crippen LogP contribution in [0.15, 0.2) is 36.5 Å². The van der Waals surface area contributed by atoms with Gasteiger partial charge in [0.1, 0.15) is 6.79 Å². The van der Waals surface area contributed by atoms with Crippen LogP contribution in [0.1, 0.15) is 19.3 Å². The molecule has 0 bridgehead atoms. The second kappa shape index (κ2) is 14.8. The van der Waals surface area contributed by atoms with Crippen LogP contribution in [0.25, 0.3) is 0 Å². The van der Waals surface area contributed by atoms with E-state index in [-0.39, 0.29) is 6.10 Å². The zero-order chi connectivity index (χ0) is 13.5. The first-order valence-corrected chi connectivity index (χ1v) is 7.12. The number of hydrogen-bond acceptors (Lipinski definition) is 2. The number of unbranched alkanes of at least 4 members (excludes halogenated alkanes) is 1. The highest BCUT2D eigenvalue weighted by Gasteiger charge is 2.03. The summed E-state index contributed by atoms with van der Waals surface area (Å²) in [6.45, 7) is 0.311. The summed E-state index contributed by atoms with van der Waals surface area (Å²) >= 11 is 11.1. The lowest BCUT2D eigenvalue weighted by Crippen LogP contribution is -2.11. The third kappa shape index (κ3) is 12.2. The van der Waals surface area contributed by atoms with E-state index >= 15 is 0 Å². The van der Waals surface area contributed by atoms with Gasteiger partial charge in [0.25, 0.3) is 0 Å². The summed E-state index contributed by atoms with van der Waals surface area (Å²) in [5.41, 5.74) is 0. The zero-order valence-electron chi connectivity index (χ0n) is 10.9. The predicted octanol–water partition coefficient (Wildman–Crippen LogP) is 4.29. The molecule has 4 heteroatoms. The minimum absolute atomic E-state index is 0.0781. The Bertz CT molecular complexity index is 250. The quantitative estimate of drug-likeness (QED) is 0.186. The van der Waals surface area contributed by atoms with Gasteiger partial charge in [0.05, 0.1) is 6.10 Å². The minimum atomic E-state index is 0.0781. The van der Waals surface area contributed by atoms with Crippen molar-refractivity contribution >= 4 is 23.2 Å². The second-order valence-electron chi connectivity index (χ2n) is 3.64. The van der Waals surface area contributed by atoms with E-state index in [1.807, 2.05) is 30.4 Å². The number of halogens is 2. The van der Waals surface area contributed by atoms with E-state index in [2.05, 4.69) is 6.08 Å². The number of allylic oxidation sites excluding steroid dienone is 5. The van der Waals surface area contributed by atoms with Crippen LogP contribution in [0.4, 0.5) is 0 Å². The molecule has 0 saturated carbocycles. The lowest BCUT2D eigenvalue weighted by atomic mass is 10.1. The van der Waals surface area contributed by atoms with Gasteiger partial charge in [-0.3, -0.25) is 0 Å². The van der Waals surface area contributed by atoms with Gasteiger partial charge in [-0.15, -0.1) is 23.2 Å². The van der Waals surface area contributed by atoms with Gasteiger partial charge in [-0.2, -0.15) is 0 Å². The average Bonchev–Trinajstić information content (AvgIpc) is 2.39. The first kappa shape index (κ1) is 17.7. The molecule has 0 N–H and O–H groups in total. The highest BCUT2D eigenvalue weighted by Crippen LogP contribution is 2.08. The van der Waals surface area contributed by atoms with Crippen LogP contribution < -0.4 is 0 Å². The third-order valence-corrected chi connectivity index (χ3v) is 2.53. The molecule has 0 aromatic carbocycles. The van der Waals surface area contributed by atoms with Crippen molar-refractivity contribution in [1.82, 2.24) is 0 Å².